The highest BCUT2D eigenvalue weighted by molar-refractivity contribution is 5.81. The summed E-state index contributed by atoms with van der Waals surface area (Å²) in [6.07, 6.45) is 0.865. The van der Waals surface area contributed by atoms with Gasteiger partial charge in [-0.3, -0.25) is 4.79 Å². The van der Waals surface area contributed by atoms with E-state index < -0.39 is 0 Å². The van der Waals surface area contributed by atoms with Crippen molar-refractivity contribution < 1.29 is 9.18 Å². The molecule has 1 rings (SSSR count). The Morgan fingerprint density at radius 3 is 2.50 bits per heavy atom. The van der Waals surface area contributed by atoms with Crippen molar-refractivity contribution in [3.63, 3.8) is 0 Å². The average molecular weight is 222 g/mol. The maximum atomic E-state index is 13.0. The van der Waals surface area contributed by atoms with Gasteiger partial charge < -0.3 is 0 Å². The molecule has 0 saturated carbocycles. The monoisotopic (exact) mass is 222 g/mol. The summed E-state index contributed by atoms with van der Waals surface area (Å²) in [6.45, 7) is 8.00. The van der Waals surface area contributed by atoms with Crippen LogP contribution in [0.2, 0.25) is 0 Å². The second-order valence-electron chi connectivity index (χ2n) is 5.52. The Labute approximate surface area is 96.7 Å². The molecule has 0 bridgehead atoms. The van der Waals surface area contributed by atoms with Gasteiger partial charge in [0.05, 0.1) is 0 Å². The first-order chi connectivity index (χ1) is 7.28. The van der Waals surface area contributed by atoms with E-state index in [1.54, 1.807) is 6.07 Å². The van der Waals surface area contributed by atoms with Gasteiger partial charge in [0.15, 0.2) is 0 Å². The highest BCUT2D eigenvalue weighted by Crippen LogP contribution is 2.21. The minimum absolute atomic E-state index is 0.00167. The Balaban J connectivity index is 2.73. The van der Waals surface area contributed by atoms with Crippen LogP contribution >= 0.6 is 0 Å². The standard InChI is InChI=1S/C14H19FO/c1-10-5-6-12(15)7-11(10)8-13(16)9-14(2,3)4/h5-7H,8-9H2,1-4H3. The number of rotatable bonds is 3. The lowest BCUT2D eigenvalue weighted by molar-refractivity contribution is -0.120. The molecule has 0 aromatic heterocycles. The number of carbonyl (C=O) groups excluding carboxylic acids is 1. The summed E-state index contributed by atoms with van der Waals surface area (Å²) in [6, 6.07) is 4.60. The first-order valence-corrected chi connectivity index (χ1v) is 5.55. The van der Waals surface area contributed by atoms with Crippen LogP contribution < -0.4 is 0 Å². The third-order valence-corrected chi connectivity index (χ3v) is 2.43. The number of carbonyl (C=O) groups is 1. The van der Waals surface area contributed by atoms with Gasteiger partial charge in [-0.05, 0) is 35.6 Å². The van der Waals surface area contributed by atoms with Crippen molar-refractivity contribution in [2.45, 2.75) is 40.5 Å². The van der Waals surface area contributed by atoms with Gasteiger partial charge in [-0.2, -0.15) is 0 Å². The number of Topliss-reactive ketones (excluding diaryl/α,β-unsaturated/α-hetero) is 1. The average Bonchev–Trinajstić information content (AvgIpc) is 2.08. The van der Waals surface area contributed by atoms with E-state index in [-0.39, 0.29) is 17.0 Å². The van der Waals surface area contributed by atoms with E-state index in [0.29, 0.717) is 12.8 Å². The smallest absolute Gasteiger partial charge is 0.137 e. The maximum absolute atomic E-state index is 13.0. The zero-order chi connectivity index (χ0) is 12.3. The Morgan fingerprint density at radius 2 is 1.94 bits per heavy atom. The summed E-state index contributed by atoms with van der Waals surface area (Å²) in [7, 11) is 0. The molecule has 1 aromatic carbocycles. The number of benzene rings is 1. The van der Waals surface area contributed by atoms with Gasteiger partial charge in [0, 0.05) is 12.8 Å². The molecule has 0 aliphatic heterocycles. The van der Waals surface area contributed by atoms with E-state index in [1.807, 2.05) is 27.7 Å². The van der Waals surface area contributed by atoms with Crippen molar-refractivity contribution in [3.05, 3.63) is 35.1 Å². The highest BCUT2D eigenvalue weighted by atomic mass is 19.1. The highest BCUT2D eigenvalue weighted by Gasteiger charge is 2.16. The van der Waals surface area contributed by atoms with Crippen molar-refractivity contribution in [3.8, 4) is 0 Å². The van der Waals surface area contributed by atoms with Crippen LogP contribution in [-0.2, 0) is 11.2 Å². The molecule has 16 heavy (non-hydrogen) atoms. The fourth-order valence-corrected chi connectivity index (χ4v) is 1.70. The molecule has 0 amide bonds. The minimum atomic E-state index is -0.274. The Bertz CT molecular complexity index is 388. The molecule has 0 fully saturated rings. The molecule has 0 spiro atoms. The van der Waals surface area contributed by atoms with E-state index in [0.717, 1.165) is 11.1 Å². The normalized spacial score (nSPS) is 11.6. The van der Waals surface area contributed by atoms with Crippen molar-refractivity contribution >= 4 is 5.78 Å². The first kappa shape index (κ1) is 12.9. The zero-order valence-corrected chi connectivity index (χ0v) is 10.4. The predicted molar refractivity (Wildman–Crippen MR) is 63.9 cm³/mol. The molecule has 0 saturated heterocycles. The molecule has 0 N–H and O–H groups in total. The quantitative estimate of drug-likeness (QED) is 0.762. The Morgan fingerprint density at radius 1 is 1.31 bits per heavy atom. The number of aryl methyl sites for hydroxylation is 1. The summed E-state index contributed by atoms with van der Waals surface area (Å²) in [5.41, 5.74) is 1.77. The lowest BCUT2D eigenvalue weighted by Crippen LogP contribution is -2.15. The largest absolute Gasteiger partial charge is 0.299 e. The molecule has 0 heterocycles. The molecule has 0 unspecified atom stereocenters. The van der Waals surface area contributed by atoms with Gasteiger partial charge >= 0.3 is 0 Å². The van der Waals surface area contributed by atoms with Crippen LogP contribution in [0.15, 0.2) is 18.2 Å². The van der Waals surface area contributed by atoms with Gasteiger partial charge in [-0.15, -0.1) is 0 Å². The summed E-state index contributed by atoms with van der Waals surface area (Å²) in [5.74, 6) is -0.106. The van der Waals surface area contributed by atoms with Gasteiger partial charge in [0.2, 0.25) is 0 Å². The van der Waals surface area contributed by atoms with Crippen LogP contribution in [0, 0.1) is 18.2 Å². The van der Waals surface area contributed by atoms with Crippen LogP contribution in [-0.4, -0.2) is 5.78 Å². The van der Waals surface area contributed by atoms with E-state index in [9.17, 15) is 9.18 Å². The molecule has 0 aliphatic carbocycles. The van der Waals surface area contributed by atoms with E-state index >= 15 is 0 Å². The van der Waals surface area contributed by atoms with Crippen LogP contribution in [0.3, 0.4) is 0 Å². The lowest BCUT2D eigenvalue weighted by atomic mass is 9.87. The molecular weight excluding hydrogens is 203 g/mol. The fourth-order valence-electron chi connectivity index (χ4n) is 1.70. The van der Waals surface area contributed by atoms with Crippen molar-refractivity contribution in [2.24, 2.45) is 5.41 Å². The molecule has 1 aromatic rings. The van der Waals surface area contributed by atoms with Crippen LogP contribution in [0.5, 0.6) is 0 Å². The molecular formula is C14H19FO. The summed E-state index contributed by atoms with van der Waals surface area (Å²) >= 11 is 0. The molecule has 0 radical (unpaired) electrons. The second kappa shape index (κ2) is 4.77. The van der Waals surface area contributed by atoms with E-state index in [1.165, 1.54) is 12.1 Å². The van der Waals surface area contributed by atoms with Crippen LogP contribution in [0.25, 0.3) is 0 Å². The Hall–Kier alpha value is -1.18. The molecule has 0 atom stereocenters. The van der Waals surface area contributed by atoms with E-state index in [4.69, 9.17) is 0 Å². The zero-order valence-electron chi connectivity index (χ0n) is 10.4. The van der Waals surface area contributed by atoms with Gasteiger partial charge in [0.25, 0.3) is 0 Å². The van der Waals surface area contributed by atoms with Crippen LogP contribution in [0.4, 0.5) is 4.39 Å². The number of hydrogen-bond donors (Lipinski definition) is 0. The third kappa shape index (κ3) is 4.13. The van der Waals surface area contributed by atoms with Crippen LogP contribution in [0.1, 0.15) is 38.3 Å². The molecule has 2 heteroatoms. The third-order valence-electron chi connectivity index (χ3n) is 2.43. The topological polar surface area (TPSA) is 17.1 Å². The van der Waals surface area contributed by atoms with Gasteiger partial charge in [-0.25, -0.2) is 4.39 Å². The minimum Gasteiger partial charge on any atom is -0.299 e. The SMILES string of the molecule is Cc1ccc(F)cc1CC(=O)CC(C)(C)C. The van der Waals surface area contributed by atoms with E-state index in [2.05, 4.69) is 0 Å². The molecule has 88 valence electrons. The maximum Gasteiger partial charge on any atom is 0.137 e. The Kier molecular flexibility index (Phi) is 3.84. The molecule has 1 nitrogen and oxygen atoms in total. The predicted octanol–water partition coefficient (Wildman–Crippen LogP) is 3.68. The van der Waals surface area contributed by atoms with Gasteiger partial charge in [-0.1, -0.05) is 26.8 Å². The first-order valence-electron chi connectivity index (χ1n) is 5.55. The lowest BCUT2D eigenvalue weighted by Gasteiger charge is -2.17. The summed E-state index contributed by atoms with van der Waals surface area (Å²) in [5, 5.41) is 0. The number of ketones is 1. The number of hydrogen-bond acceptors (Lipinski definition) is 1. The fraction of sp³-hybridized carbons (Fsp3) is 0.500. The number of halogens is 1. The summed E-state index contributed by atoms with van der Waals surface area (Å²) < 4.78 is 13.0. The molecule has 0 aliphatic rings. The van der Waals surface area contributed by atoms with Crippen molar-refractivity contribution in [1.29, 1.82) is 0 Å². The second-order valence-corrected chi connectivity index (χ2v) is 5.52. The van der Waals surface area contributed by atoms with Crippen molar-refractivity contribution in [1.82, 2.24) is 0 Å². The summed E-state index contributed by atoms with van der Waals surface area (Å²) in [4.78, 5) is 11.8. The van der Waals surface area contributed by atoms with Gasteiger partial charge in [0.1, 0.15) is 11.6 Å². The van der Waals surface area contributed by atoms with Crippen molar-refractivity contribution in [2.75, 3.05) is 0 Å².